The van der Waals surface area contributed by atoms with Crippen molar-refractivity contribution in [2.45, 2.75) is 31.8 Å². The van der Waals surface area contributed by atoms with Crippen LogP contribution in [0.5, 0.6) is 5.75 Å². The van der Waals surface area contributed by atoms with Crippen LogP contribution in [0, 0.1) is 17.1 Å². The minimum atomic E-state index is -0.732. The van der Waals surface area contributed by atoms with E-state index in [0.717, 1.165) is 42.2 Å². The van der Waals surface area contributed by atoms with Crippen molar-refractivity contribution in [2.24, 2.45) is 0 Å². The van der Waals surface area contributed by atoms with Gasteiger partial charge >= 0.3 is 6.09 Å². The van der Waals surface area contributed by atoms with Gasteiger partial charge in [0.15, 0.2) is 5.13 Å². The molecule has 5 rings (SSSR count). The van der Waals surface area contributed by atoms with Crippen molar-refractivity contribution in [3.63, 3.8) is 0 Å². The summed E-state index contributed by atoms with van der Waals surface area (Å²) in [6.45, 7) is 1.70. The second kappa shape index (κ2) is 11.9. The van der Waals surface area contributed by atoms with E-state index in [-0.39, 0.29) is 29.5 Å². The molecular formula is C27H28FN5O4S. The number of halogens is 1. The summed E-state index contributed by atoms with van der Waals surface area (Å²) in [5, 5.41) is 22.4. The van der Waals surface area contributed by atoms with Gasteiger partial charge in [-0.05, 0) is 49.1 Å². The Bertz CT molecular complexity index is 1350. The summed E-state index contributed by atoms with van der Waals surface area (Å²) in [4.78, 5) is 31.7. The third-order valence-corrected chi connectivity index (χ3v) is 7.47. The number of benzene rings is 2. The Hall–Kier alpha value is -4.17. The summed E-state index contributed by atoms with van der Waals surface area (Å²) < 4.78 is 19.4. The van der Waals surface area contributed by atoms with Crippen molar-refractivity contribution in [3.8, 4) is 22.3 Å². The number of rotatable bonds is 5. The largest absolute Gasteiger partial charge is 0.507 e. The van der Waals surface area contributed by atoms with Crippen LogP contribution in [0.3, 0.4) is 0 Å². The first-order chi connectivity index (χ1) is 18.3. The smallest absolute Gasteiger partial charge is 0.410 e. The molecule has 1 atom stereocenters. The number of nitriles is 1. The number of aromatic hydroxyl groups is 1. The molecule has 0 bridgehead atoms. The first-order valence-electron chi connectivity index (χ1n) is 12.1. The summed E-state index contributed by atoms with van der Waals surface area (Å²) >= 11 is 1.31. The number of hydrogen-bond donors (Lipinski definition) is 2. The van der Waals surface area contributed by atoms with Gasteiger partial charge in [0.25, 0.3) is 5.91 Å². The number of anilines is 1. The number of hydrogen-bond acceptors (Lipinski definition) is 8. The summed E-state index contributed by atoms with van der Waals surface area (Å²) in [5.74, 6) is -1.56. The minimum Gasteiger partial charge on any atom is -0.507 e. The zero-order chi connectivity index (χ0) is 27.2. The molecule has 11 heteroatoms. The fourth-order valence-electron chi connectivity index (χ4n) is 4.17. The molecule has 0 spiro atoms. The molecule has 3 aromatic rings. The first kappa shape index (κ1) is 26.9. The lowest BCUT2D eigenvalue weighted by Gasteiger charge is -2.25. The Labute approximate surface area is 224 Å². The fourth-order valence-corrected chi connectivity index (χ4v) is 5.03. The maximum atomic E-state index is 14.5. The van der Waals surface area contributed by atoms with Crippen LogP contribution in [0.4, 0.5) is 14.3 Å². The highest BCUT2D eigenvalue weighted by Gasteiger charge is 2.34. The van der Waals surface area contributed by atoms with Crippen LogP contribution in [0.1, 0.15) is 40.7 Å². The second-order valence-electron chi connectivity index (χ2n) is 9.16. The van der Waals surface area contributed by atoms with Gasteiger partial charge in [0, 0.05) is 38.9 Å². The number of fused-ring (bicyclic) bond motifs is 1. The van der Waals surface area contributed by atoms with Crippen molar-refractivity contribution >= 4 is 28.5 Å². The highest BCUT2D eigenvalue weighted by atomic mass is 32.1. The number of ether oxygens (including phenoxy) is 1. The van der Waals surface area contributed by atoms with Crippen LogP contribution < -0.4 is 10.2 Å². The molecule has 2 fully saturated rings. The average Bonchev–Trinajstić information content (AvgIpc) is 3.57. The Morgan fingerprint density at radius 1 is 1.32 bits per heavy atom. The molecule has 2 aliphatic heterocycles. The minimum absolute atomic E-state index is 0.107. The molecule has 198 valence electrons. The summed E-state index contributed by atoms with van der Waals surface area (Å²) in [5.41, 5.74) is 1.33. The predicted molar refractivity (Wildman–Crippen MR) is 142 cm³/mol. The highest BCUT2D eigenvalue weighted by Crippen LogP contribution is 2.37. The number of nitrogens with one attached hydrogen (secondary N) is 1. The number of thiazole rings is 1. The zero-order valence-corrected chi connectivity index (χ0v) is 21.9. The number of amides is 2. The van der Waals surface area contributed by atoms with Crippen LogP contribution in [0.2, 0.25) is 0 Å². The maximum Gasteiger partial charge on any atom is 0.410 e. The van der Waals surface area contributed by atoms with Crippen molar-refractivity contribution in [1.82, 2.24) is 15.2 Å². The van der Waals surface area contributed by atoms with Crippen molar-refractivity contribution in [3.05, 3.63) is 65.1 Å². The van der Waals surface area contributed by atoms with Crippen molar-refractivity contribution in [2.75, 3.05) is 32.1 Å². The van der Waals surface area contributed by atoms with Gasteiger partial charge in [-0.1, -0.05) is 23.5 Å². The van der Waals surface area contributed by atoms with E-state index in [2.05, 4.69) is 10.3 Å². The van der Waals surface area contributed by atoms with Crippen LogP contribution >= 0.6 is 11.3 Å². The molecule has 0 saturated carbocycles. The van der Waals surface area contributed by atoms with E-state index in [1.54, 1.807) is 30.5 Å². The van der Waals surface area contributed by atoms with Gasteiger partial charge in [-0.15, -0.1) is 0 Å². The van der Waals surface area contributed by atoms with Gasteiger partial charge in [0.1, 0.15) is 18.2 Å². The van der Waals surface area contributed by atoms with Gasteiger partial charge < -0.3 is 25.0 Å². The van der Waals surface area contributed by atoms with Crippen LogP contribution in [0.15, 0.2) is 42.6 Å². The van der Waals surface area contributed by atoms with E-state index < -0.39 is 11.7 Å². The Kier molecular flexibility index (Phi) is 8.43. The summed E-state index contributed by atoms with van der Waals surface area (Å²) in [7, 11) is 3.68. The van der Waals surface area contributed by atoms with Crippen LogP contribution in [-0.2, 0) is 11.3 Å². The molecule has 2 amide bonds. The maximum absolute atomic E-state index is 14.5. The molecule has 2 saturated heterocycles. The molecule has 9 nitrogen and oxygen atoms in total. The Balaban J connectivity index is 0.000000278. The van der Waals surface area contributed by atoms with E-state index in [0.29, 0.717) is 23.1 Å². The van der Waals surface area contributed by atoms with Crippen LogP contribution in [-0.4, -0.2) is 60.3 Å². The third kappa shape index (κ3) is 6.20. The molecule has 38 heavy (non-hydrogen) atoms. The second-order valence-corrected chi connectivity index (χ2v) is 10.2. The first-order valence-corrected chi connectivity index (χ1v) is 12.9. The standard InChI is InChI=1S/C20H17FN4O2S.C7H11NO2/c1-25(2)20-24-11-18(28-20)15-7-16(21)14(8-17(15)26)19(27)23-10-13-5-3-12(9-22)4-6-13;9-7-8-4-2-1-3-6(8)5-10-7/h3-8,11,26H,10H2,1-2H3,(H,23,27);6H,1-5H2. The number of carbonyl (C=O) groups is 2. The number of phenolic OH excluding ortho intramolecular Hbond substituents is 1. The molecule has 1 unspecified atom stereocenters. The summed E-state index contributed by atoms with van der Waals surface area (Å²) in [6.07, 6.45) is 4.97. The van der Waals surface area contributed by atoms with Crippen LogP contribution in [0.25, 0.3) is 10.4 Å². The number of aromatic nitrogens is 1. The predicted octanol–water partition coefficient (Wildman–Crippen LogP) is 4.51. The van der Waals surface area contributed by atoms with E-state index in [1.807, 2.05) is 30.0 Å². The van der Waals surface area contributed by atoms with E-state index in [1.165, 1.54) is 17.8 Å². The number of carbonyl (C=O) groups excluding carboxylic acids is 2. The van der Waals surface area contributed by atoms with Crippen molar-refractivity contribution < 1.29 is 23.8 Å². The number of cyclic esters (lactones) is 1. The lowest BCUT2D eigenvalue weighted by Crippen LogP contribution is -2.37. The number of piperidine rings is 1. The molecular weight excluding hydrogens is 509 g/mol. The van der Waals surface area contributed by atoms with E-state index >= 15 is 0 Å². The normalized spacial score (nSPS) is 16.0. The average molecular weight is 538 g/mol. The molecule has 3 heterocycles. The number of nitrogens with zero attached hydrogens (tertiary/aromatic N) is 4. The van der Waals surface area contributed by atoms with Gasteiger partial charge in [0.05, 0.1) is 28.1 Å². The number of phenols is 1. The molecule has 0 radical (unpaired) electrons. The highest BCUT2D eigenvalue weighted by molar-refractivity contribution is 7.18. The molecule has 2 aromatic carbocycles. The third-order valence-electron chi connectivity index (χ3n) is 6.27. The van der Waals surface area contributed by atoms with Gasteiger partial charge in [-0.2, -0.15) is 5.26 Å². The molecule has 2 aliphatic rings. The Morgan fingerprint density at radius 3 is 2.74 bits per heavy atom. The lowest BCUT2D eigenvalue weighted by atomic mass is 10.0. The van der Waals surface area contributed by atoms with Gasteiger partial charge in [-0.25, -0.2) is 14.2 Å². The molecule has 1 aromatic heterocycles. The molecule has 2 N–H and O–H groups in total. The topological polar surface area (TPSA) is 119 Å². The fraction of sp³-hybridized carbons (Fsp3) is 0.333. The Morgan fingerprint density at radius 2 is 2.08 bits per heavy atom. The zero-order valence-electron chi connectivity index (χ0n) is 21.1. The van der Waals surface area contributed by atoms with Gasteiger partial charge in [0.2, 0.25) is 0 Å². The van der Waals surface area contributed by atoms with Gasteiger partial charge in [-0.3, -0.25) is 4.79 Å². The van der Waals surface area contributed by atoms with E-state index in [9.17, 15) is 19.1 Å². The lowest BCUT2D eigenvalue weighted by molar-refractivity contribution is 0.0946. The van der Waals surface area contributed by atoms with E-state index in [4.69, 9.17) is 10.00 Å². The quantitative estimate of drug-likeness (QED) is 0.491. The monoisotopic (exact) mass is 537 g/mol. The SMILES string of the molecule is CN(C)c1ncc(-c2cc(F)c(C(=O)NCc3ccc(C#N)cc3)cc2O)s1.O=C1OCC2CCCCN12. The van der Waals surface area contributed by atoms with Crippen molar-refractivity contribution in [1.29, 1.82) is 5.26 Å². The summed E-state index contributed by atoms with van der Waals surface area (Å²) in [6, 6.07) is 11.4. The molecule has 0 aliphatic carbocycles.